The van der Waals surface area contributed by atoms with E-state index in [2.05, 4.69) is 22.5 Å². The number of aliphatic imine (C=N–C) groups is 1. The number of amides is 1. The molecule has 3 heteroatoms. The highest BCUT2D eigenvalue weighted by molar-refractivity contribution is 6.31. The molecule has 1 N–H and O–H groups in total. The number of para-hydroxylation sites is 1. The lowest BCUT2D eigenvalue weighted by Gasteiger charge is -2.06. The smallest absolute Gasteiger partial charge is 0.327 e. The molecule has 1 heterocycles. The fraction of sp³-hybridized carbons (Fsp3) is 0.0769. The molecular weight excluding hydrogens is 200 g/mol. The predicted octanol–water partition coefficient (Wildman–Crippen LogP) is 2.80. The fourth-order valence-corrected chi connectivity index (χ4v) is 2.10. The molecule has 0 spiro atoms. The minimum absolute atomic E-state index is 0. The number of benzene rings is 1. The Balaban J connectivity index is 0.00000108. The van der Waals surface area contributed by atoms with Gasteiger partial charge in [0.1, 0.15) is 0 Å². The molecule has 0 bridgehead atoms. The number of nitrogens with one attached hydrogen (secondary N) is 1. The van der Waals surface area contributed by atoms with Gasteiger partial charge in [-0.2, -0.15) is 0 Å². The molecule has 3 nitrogen and oxygen atoms in total. The largest absolute Gasteiger partial charge is 1.00 e. The van der Waals surface area contributed by atoms with Crippen molar-refractivity contribution in [3.63, 3.8) is 0 Å². The van der Waals surface area contributed by atoms with Crippen molar-refractivity contribution in [1.82, 2.24) is 0 Å². The van der Waals surface area contributed by atoms with Gasteiger partial charge in [0.25, 0.3) is 0 Å². The first kappa shape index (κ1) is 9.09. The molecule has 3 rings (SSSR count). The van der Waals surface area contributed by atoms with Gasteiger partial charge in [-0.15, -0.1) is 0 Å². The van der Waals surface area contributed by atoms with Crippen LogP contribution in [0.3, 0.4) is 0 Å². The Hall–Kier alpha value is -2.16. The van der Waals surface area contributed by atoms with Crippen LogP contribution in [0, 0.1) is 0 Å². The summed E-state index contributed by atoms with van der Waals surface area (Å²) in [5, 5.41) is 2.68. The van der Waals surface area contributed by atoms with E-state index >= 15 is 0 Å². The van der Waals surface area contributed by atoms with Crippen molar-refractivity contribution < 1.29 is 6.22 Å². The number of carbonyl (C=O) groups excluding carboxylic acids is 1. The Bertz CT molecular complexity index is 559. The van der Waals surface area contributed by atoms with Gasteiger partial charge in [-0.25, -0.2) is 4.99 Å². The molecule has 2 aliphatic rings. The Morgan fingerprint density at radius 2 is 2.38 bits per heavy atom. The molecule has 0 unspecified atom stereocenters. The minimum Gasteiger partial charge on any atom is -0.327 e. The second-order valence-corrected chi connectivity index (χ2v) is 3.74. The second-order valence-electron chi connectivity index (χ2n) is 3.74. The first-order chi connectivity index (χ1) is 7.90. The highest BCUT2D eigenvalue weighted by Crippen LogP contribution is 2.41. The molecule has 0 radical (unpaired) electrons. The summed E-state index contributed by atoms with van der Waals surface area (Å²) in [6, 6.07) is 5.83. The zero-order valence-electron chi connectivity index (χ0n) is 9.60. The Kier molecular flexibility index (Phi) is 1.96. The van der Waals surface area contributed by atoms with Crippen molar-refractivity contribution >= 4 is 29.1 Å². The first-order valence-electron chi connectivity index (χ1n) is 5.18. The van der Waals surface area contributed by atoms with Crippen LogP contribution < -0.4 is 5.32 Å². The summed E-state index contributed by atoms with van der Waals surface area (Å²) >= 11 is 0. The summed E-state index contributed by atoms with van der Waals surface area (Å²) in [4.78, 5) is 15.1. The Labute approximate surface area is 94.7 Å². The molecule has 16 heavy (non-hydrogen) atoms. The number of anilines is 1. The maximum Gasteiger partial charge on any atom is 1.00 e. The normalized spacial score (nSPS) is 16.0. The number of allylic oxidation sites excluding steroid dienone is 4. The van der Waals surface area contributed by atoms with Crippen LogP contribution >= 0.6 is 0 Å². The van der Waals surface area contributed by atoms with E-state index in [1.54, 1.807) is 0 Å². The molecule has 1 aliphatic heterocycles. The van der Waals surface area contributed by atoms with Gasteiger partial charge in [-0.3, -0.25) is 4.79 Å². The van der Waals surface area contributed by atoms with Gasteiger partial charge in [0, 0.05) is 17.6 Å². The van der Waals surface area contributed by atoms with Crippen molar-refractivity contribution in [1.29, 1.82) is 0 Å². The van der Waals surface area contributed by atoms with E-state index in [1.165, 1.54) is 5.57 Å². The molecule has 0 saturated heterocycles. The van der Waals surface area contributed by atoms with Crippen LogP contribution in [0.1, 0.15) is 13.4 Å². The molecule has 1 aromatic rings. The molecule has 0 atom stereocenters. The lowest BCUT2D eigenvalue weighted by Crippen LogP contribution is -1.97. The van der Waals surface area contributed by atoms with E-state index in [-0.39, 0.29) is 1.43 Å². The number of fused-ring (bicyclic) bond motifs is 3. The van der Waals surface area contributed by atoms with E-state index in [4.69, 9.17) is 0 Å². The average molecular weight is 211 g/mol. The van der Waals surface area contributed by atoms with E-state index < -0.39 is 0 Å². The zero-order chi connectivity index (χ0) is 11.0. The van der Waals surface area contributed by atoms with Gasteiger partial charge in [0.05, 0.1) is 17.1 Å². The number of hydrogen-bond acceptors (Lipinski definition) is 2. The lowest BCUT2D eigenvalue weighted by molar-refractivity contribution is -0.105. The van der Waals surface area contributed by atoms with E-state index in [1.807, 2.05) is 24.3 Å². The fourth-order valence-electron chi connectivity index (χ4n) is 2.10. The van der Waals surface area contributed by atoms with Gasteiger partial charge >= 0.3 is 1.43 Å². The molecular formula is C13H11N2O+. The van der Waals surface area contributed by atoms with Crippen molar-refractivity contribution in [2.24, 2.45) is 4.99 Å². The monoisotopic (exact) mass is 211 g/mol. The van der Waals surface area contributed by atoms with Crippen LogP contribution in [-0.4, -0.2) is 12.1 Å². The molecule has 0 fully saturated rings. The average Bonchev–Trinajstić information content (AvgIpc) is 2.69. The van der Waals surface area contributed by atoms with Gasteiger partial charge in [0.2, 0.25) is 6.41 Å². The van der Waals surface area contributed by atoms with Crippen LogP contribution in [0.5, 0.6) is 0 Å². The highest BCUT2D eigenvalue weighted by Gasteiger charge is 2.22. The molecule has 1 aliphatic carbocycles. The summed E-state index contributed by atoms with van der Waals surface area (Å²) < 4.78 is 0. The molecule has 0 aromatic heterocycles. The summed E-state index contributed by atoms with van der Waals surface area (Å²) in [5.74, 6) is 0. The zero-order valence-corrected chi connectivity index (χ0v) is 8.60. The van der Waals surface area contributed by atoms with Crippen LogP contribution in [-0.2, 0) is 4.79 Å². The minimum atomic E-state index is 0. The molecule has 1 aromatic carbocycles. The predicted molar refractivity (Wildman–Crippen MR) is 66.1 cm³/mol. The second kappa shape index (κ2) is 3.45. The third-order valence-electron chi connectivity index (χ3n) is 2.81. The SMILES string of the molecule is O=CNc1cccc2c1N=C1CC=CC=C12.[H+]. The summed E-state index contributed by atoms with van der Waals surface area (Å²) in [6.07, 6.45) is 7.74. The molecule has 78 valence electrons. The van der Waals surface area contributed by atoms with Crippen molar-refractivity contribution in [3.8, 4) is 0 Å². The van der Waals surface area contributed by atoms with E-state index in [9.17, 15) is 4.79 Å². The van der Waals surface area contributed by atoms with Gasteiger partial charge in [-0.05, 0) is 6.07 Å². The Morgan fingerprint density at radius 1 is 1.44 bits per heavy atom. The van der Waals surface area contributed by atoms with Crippen molar-refractivity contribution in [2.75, 3.05) is 5.32 Å². The maximum absolute atomic E-state index is 10.5. The number of carbonyl (C=O) groups is 1. The van der Waals surface area contributed by atoms with Crippen LogP contribution in [0.4, 0.5) is 11.4 Å². The topological polar surface area (TPSA) is 41.5 Å². The third kappa shape index (κ3) is 1.21. The van der Waals surface area contributed by atoms with E-state index in [0.717, 1.165) is 29.1 Å². The van der Waals surface area contributed by atoms with E-state index in [0.29, 0.717) is 6.41 Å². The Morgan fingerprint density at radius 3 is 3.25 bits per heavy atom. The van der Waals surface area contributed by atoms with Crippen molar-refractivity contribution in [2.45, 2.75) is 6.42 Å². The number of rotatable bonds is 2. The van der Waals surface area contributed by atoms with Gasteiger partial charge in [-0.1, -0.05) is 30.4 Å². The number of hydrogen-bond donors (Lipinski definition) is 1. The highest BCUT2D eigenvalue weighted by atomic mass is 16.1. The standard InChI is InChI=1S/C13H10N2O/c16-8-14-12-7-3-5-10-9-4-1-2-6-11(9)15-13(10)12/h1-5,7-8H,6H2,(H,14,16)/p+1. The van der Waals surface area contributed by atoms with Gasteiger partial charge in [0.15, 0.2) is 0 Å². The molecule has 1 amide bonds. The maximum atomic E-state index is 10.5. The third-order valence-corrected chi connectivity index (χ3v) is 2.81. The van der Waals surface area contributed by atoms with Crippen LogP contribution in [0.15, 0.2) is 41.4 Å². The number of nitrogens with zero attached hydrogens (tertiary/aromatic N) is 1. The quantitative estimate of drug-likeness (QED) is 0.751. The molecule has 0 saturated carbocycles. The summed E-state index contributed by atoms with van der Waals surface area (Å²) in [5.41, 5.74) is 5.01. The lowest BCUT2D eigenvalue weighted by atomic mass is 9.97. The van der Waals surface area contributed by atoms with Crippen molar-refractivity contribution in [3.05, 3.63) is 42.0 Å². The summed E-state index contributed by atoms with van der Waals surface area (Å²) in [7, 11) is 0. The van der Waals surface area contributed by atoms with Crippen LogP contribution in [0.25, 0.3) is 5.57 Å². The summed E-state index contributed by atoms with van der Waals surface area (Å²) in [6.45, 7) is 0. The van der Waals surface area contributed by atoms with Crippen LogP contribution in [0.2, 0.25) is 0 Å². The van der Waals surface area contributed by atoms with Gasteiger partial charge < -0.3 is 5.32 Å². The first-order valence-corrected chi connectivity index (χ1v) is 5.18.